The molecule has 1 heterocycles. The molecule has 2 nitrogen and oxygen atoms in total. The van der Waals surface area contributed by atoms with E-state index in [1.165, 1.54) is 71.0 Å². The highest BCUT2D eigenvalue weighted by Gasteiger charge is 2.31. The summed E-state index contributed by atoms with van der Waals surface area (Å²) in [7, 11) is 0. The van der Waals surface area contributed by atoms with E-state index in [1.807, 2.05) is 0 Å². The first-order valence-corrected chi connectivity index (χ1v) is 8.32. The SMILES string of the molecule is CCCNC1CCN(C2CCCCC2)CC1CC. The van der Waals surface area contributed by atoms with Crippen molar-refractivity contribution >= 4 is 0 Å². The lowest BCUT2D eigenvalue weighted by molar-refractivity contribution is 0.0759. The van der Waals surface area contributed by atoms with Crippen LogP contribution in [0.3, 0.4) is 0 Å². The zero-order valence-electron chi connectivity index (χ0n) is 12.5. The maximum Gasteiger partial charge on any atom is 0.0120 e. The third-order valence-electron chi connectivity index (χ3n) is 5.04. The molecule has 1 saturated carbocycles. The fourth-order valence-electron chi connectivity index (χ4n) is 3.85. The van der Waals surface area contributed by atoms with Crippen molar-refractivity contribution in [3.63, 3.8) is 0 Å². The molecule has 1 saturated heterocycles. The summed E-state index contributed by atoms with van der Waals surface area (Å²) in [6.07, 6.45) is 11.3. The molecule has 0 aromatic carbocycles. The van der Waals surface area contributed by atoms with Crippen molar-refractivity contribution in [2.45, 2.75) is 77.3 Å². The van der Waals surface area contributed by atoms with Crippen LogP contribution in [0.25, 0.3) is 0 Å². The standard InChI is InChI=1S/C16H32N2/c1-3-11-17-16-10-12-18(13-14(16)4-2)15-8-6-5-7-9-15/h14-17H,3-13H2,1-2H3. The Labute approximate surface area is 114 Å². The molecule has 0 amide bonds. The van der Waals surface area contributed by atoms with E-state index in [4.69, 9.17) is 0 Å². The predicted molar refractivity (Wildman–Crippen MR) is 78.9 cm³/mol. The van der Waals surface area contributed by atoms with Crippen LogP contribution < -0.4 is 5.32 Å². The van der Waals surface area contributed by atoms with Crippen LogP contribution in [-0.4, -0.2) is 36.6 Å². The van der Waals surface area contributed by atoms with E-state index in [-0.39, 0.29) is 0 Å². The fourth-order valence-corrected chi connectivity index (χ4v) is 3.85. The summed E-state index contributed by atoms with van der Waals surface area (Å²) in [5.74, 6) is 0.882. The molecule has 2 unspecified atom stereocenters. The summed E-state index contributed by atoms with van der Waals surface area (Å²) < 4.78 is 0. The zero-order chi connectivity index (χ0) is 12.8. The van der Waals surface area contributed by atoms with Crippen molar-refractivity contribution in [3.05, 3.63) is 0 Å². The molecule has 1 N–H and O–H groups in total. The zero-order valence-corrected chi connectivity index (χ0v) is 12.5. The number of hydrogen-bond donors (Lipinski definition) is 1. The second-order valence-electron chi connectivity index (χ2n) is 6.30. The monoisotopic (exact) mass is 252 g/mol. The van der Waals surface area contributed by atoms with Gasteiger partial charge in [-0.3, -0.25) is 4.90 Å². The normalized spacial score (nSPS) is 31.7. The average molecular weight is 252 g/mol. The quantitative estimate of drug-likeness (QED) is 0.806. The van der Waals surface area contributed by atoms with Crippen molar-refractivity contribution in [1.29, 1.82) is 0 Å². The molecule has 0 aromatic heterocycles. The first-order valence-electron chi connectivity index (χ1n) is 8.32. The summed E-state index contributed by atoms with van der Waals surface area (Å²) >= 11 is 0. The van der Waals surface area contributed by atoms with E-state index in [0.29, 0.717) is 0 Å². The molecule has 0 aromatic rings. The number of likely N-dealkylation sites (tertiary alicyclic amines) is 1. The topological polar surface area (TPSA) is 15.3 Å². The van der Waals surface area contributed by atoms with Crippen LogP contribution in [0.4, 0.5) is 0 Å². The second-order valence-corrected chi connectivity index (χ2v) is 6.30. The molecule has 106 valence electrons. The summed E-state index contributed by atoms with van der Waals surface area (Å²) in [5, 5.41) is 3.77. The first-order chi connectivity index (χ1) is 8.85. The average Bonchev–Trinajstić information content (AvgIpc) is 2.46. The lowest BCUT2D eigenvalue weighted by atomic mass is 9.86. The minimum Gasteiger partial charge on any atom is -0.314 e. The van der Waals surface area contributed by atoms with Gasteiger partial charge < -0.3 is 5.32 Å². The molecule has 0 radical (unpaired) electrons. The largest absolute Gasteiger partial charge is 0.314 e. The molecule has 1 aliphatic heterocycles. The van der Waals surface area contributed by atoms with Gasteiger partial charge in [0.15, 0.2) is 0 Å². The first kappa shape index (κ1) is 14.3. The van der Waals surface area contributed by atoms with Crippen molar-refractivity contribution < 1.29 is 0 Å². The maximum absolute atomic E-state index is 3.77. The molecule has 2 fully saturated rings. The molecule has 0 spiro atoms. The van der Waals surface area contributed by atoms with Crippen molar-refractivity contribution in [3.8, 4) is 0 Å². The number of piperidine rings is 1. The third-order valence-corrected chi connectivity index (χ3v) is 5.04. The lowest BCUT2D eigenvalue weighted by Crippen LogP contribution is -2.52. The Kier molecular flexibility index (Phi) is 5.97. The van der Waals surface area contributed by atoms with Gasteiger partial charge in [0.1, 0.15) is 0 Å². The lowest BCUT2D eigenvalue weighted by Gasteiger charge is -2.43. The van der Waals surface area contributed by atoms with E-state index < -0.39 is 0 Å². The Morgan fingerprint density at radius 1 is 1.06 bits per heavy atom. The Hall–Kier alpha value is -0.0800. The molecule has 2 heteroatoms. The fraction of sp³-hybridized carbons (Fsp3) is 1.00. The summed E-state index contributed by atoms with van der Waals surface area (Å²) in [5.41, 5.74) is 0. The van der Waals surface area contributed by atoms with Gasteiger partial charge in [0.05, 0.1) is 0 Å². The van der Waals surface area contributed by atoms with Crippen molar-refractivity contribution in [2.75, 3.05) is 19.6 Å². The van der Waals surface area contributed by atoms with Gasteiger partial charge in [0, 0.05) is 18.6 Å². The number of hydrogen-bond acceptors (Lipinski definition) is 2. The van der Waals surface area contributed by atoms with Gasteiger partial charge in [-0.1, -0.05) is 39.5 Å². The number of nitrogens with one attached hydrogen (secondary N) is 1. The van der Waals surface area contributed by atoms with E-state index >= 15 is 0 Å². The predicted octanol–water partition coefficient (Wildman–Crippen LogP) is 3.42. The number of rotatable bonds is 5. The van der Waals surface area contributed by atoms with E-state index in [0.717, 1.165) is 18.0 Å². The molecule has 2 rings (SSSR count). The summed E-state index contributed by atoms with van der Waals surface area (Å²) in [6.45, 7) is 8.52. The molecular weight excluding hydrogens is 220 g/mol. The van der Waals surface area contributed by atoms with Gasteiger partial charge in [-0.2, -0.15) is 0 Å². The Morgan fingerprint density at radius 3 is 2.50 bits per heavy atom. The van der Waals surface area contributed by atoms with Crippen LogP contribution in [0, 0.1) is 5.92 Å². The van der Waals surface area contributed by atoms with E-state index in [2.05, 4.69) is 24.1 Å². The highest BCUT2D eigenvalue weighted by molar-refractivity contribution is 4.88. The van der Waals surface area contributed by atoms with Crippen molar-refractivity contribution in [1.82, 2.24) is 10.2 Å². The van der Waals surface area contributed by atoms with Crippen LogP contribution in [0.1, 0.15) is 65.2 Å². The van der Waals surface area contributed by atoms with Gasteiger partial charge >= 0.3 is 0 Å². The van der Waals surface area contributed by atoms with E-state index in [1.54, 1.807) is 0 Å². The van der Waals surface area contributed by atoms with Crippen LogP contribution in [-0.2, 0) is 0 Å². The number of nitrogens with zero attached hydrogens (tertiary/aromatic N) is 1. The maximum atomic E-state index is 3.77. The molecule has 1 aliphatic carbocycles. The van der Waals surface area contributed by atoms with Crippen molar-refractivity contribution in [2.24, 2.45) is 5.92 Å². The molecule has 2 atom stereocenters. The van der Waals surface area contributed by atoms with Crippen LogP contribution in [0.15, 0.2) is 0 Å². The third kappa shape index (κ3) is 3.71. The van der Waals surface area contributed by atoms with Gasteiger partial charge in [0.25, 0.3) is 0 Å². The summed E-state index contributed by atoms with van der Waals surface area (Å²) in [4.78, 5) is 2.82. The van der Waals surface area contributed by atoms with Gasteiger partial charge in [-0.15, -0.1) is 0 Å². The van der Waals surface area contributed by atoms with Gasteiger partial charge in [-0.25, -0.2) is 0 Å². The summed E-state index contributed by atoms with van der Waals surface area (Å²) in [6, 6.07) is 1.70. The molecule has 2 aliphatic rings. The Morgan fingerprint density at radius 2 is 1.83 bits per heavy atom. The van der Waals surface area contributed by atoms with E-state index in [9.17, 15) is 0 Å². The minimum absolute atomic E-state index is 0.787. The highest BCUT2D eigenvalue weighted by atomic mass is 15.2. The van der Waals surface area contributed by atoms with Crippen LogP contribution in [0.2, 0.25) is 0 Å². The Balaban J connectivity index is 1.83. The van der Waals surface area contributed by atoms with Crippen LogP contribution in [0.5, 0.6) is 0 Å². The van der Waals surface area contributed by atoms with Gasteiger partial charge in [-0.05, 0) is 44.7 Å². The smallest absolute Gasteiger partial charge is 0.0120 e. The van der Waals surface area contributed by atoms with Gasteiger partial charge in [0.2, 0.25) is 0 Å². The Bertz CT molecular complexity index is 223. The second kappa shape index (κ2) is 7.49. The highest BCUT2D eigenvalue weighted by Crippen LogP contribution is 2.28. The van der Waals surface area contributed by atoms with Crippen LogP contribution >= 0.6 is 0 Å². The molecule has 0 bridgehead atoms. The molecule has 18 heavy (non-hydrogen) atoms. The minimum atomic E-state index is 0.787. The molecular formula is C16H32N2.